The number of ether oxygens (including phenoxy) is 1. The van der Waals surface area contributed by atoms with Crippen molar-refractivity contribution in [2.24, 2.45) is 0 Å². The molecule has 0 spiro atoms. The van der Waals surface area contributed by atoms with Gasteiger partial charge in [-0.2, -0.15) is 0 Å². The standard InChI is InChI=1S/C22H28N2O3/c1-4-27-20-12-10-19(11-13-20)15-24(3)16-22(26)23-21(17(2)25)14-18-8-6-5-7-9-18/h5-13,21H,4,14-16H2,1-3H3,(H,23,26)/p+1/t21-/m0/s1. The summed E-state index contributed by atoms with van der Waals surface area (Å²) in [5.74, 6) is 0.702. The second-order valence-electron chi connectivity index (χ2n) is 6.81. The van der Waals surface area contributed by atoms with Gasteiger partial charge in [0.05, 0.1) is 19.7 Å². The van der Waals surface area contributed by atoms with Crippen LogP contribution >= 0.6 is 0 Å². The normalized spacial score (nSPS) is 12.9. The van der Waals surface area contributed by atoms with E-state index in [2.05, 4.69) is 5.32 Å². The molecule has 2 atom stereocenters. The van der Waals surface area contributed by atoms with Gasteiger partial charge < -0.3 is 15.0 Å². The highest BCUT2D eigenvalue weighted by Crippen LogP contribution is 2.11. The molecule has 144 valence electrons. The third kappa shape index (κ3) is 7.23. The van der Waals surface area contributed by atoms with Gasteiger partial charge in [-0.15, -0.1) is 0 Å². The van der Waals surface area contributed by atoms with Gasteiger partial charge in [-0.05, 0) is 50.1 Å². The zero-order chi connectivity index (χ0) is 19.6. The minimum Gasteiger partial charge on any atom is -0.494 e. The van der Waals surface area contributed by atoms with Gasteiger partial charge in [0.25, 0.3) is 5.91 Å². The number of rotatable bonds is 10. The molecule has 5 nitrogen and oxygen atoms in total. The second kappa shape index (κ2) is 10.5. The maximum Gasteiger partial charge on any atom is 0.275 e. The van der Waals surface area contributed by atoms with Crippen LogP contribution in [0.5, 0.6) is 5.75 Å². The van der Waals surface area contributed by atoms with E-state index in [0.29, 0.717) is 19.6 Å². The van der Waals surface area contributed by atoms with Gasteiger partial charge in [0.1, 0.15) is 12.3 Å². The van der Waals surface area contributed by atoms with Gasteiger partial charge in [0.2, 0.25) is 0 Å². The van der Waals surface area contributed by atoms with Crippen molar-refractivity contribution >= 4 is 11.7 Å². The Morgan fingerprint density at radius 2 is 1.70 bits per heavy atom. The molecule has 0 heterocycles. The Balaban J connectivity index is 1.85. The first-order valence-electron chi connectivity index (χ1n) is 9.34. The smallest absolute Gasteiger partial charge is 0.275 e. The molecule has 2 aromatic rings. The summed E-state index contributed by atoms with van der Waals surface area (Å²) in [4.78, 5) is 25.4. The maximum absolute atomic E-state index is 12.4. The van der Waals surface area contributed by atoms with Crippen LogP contribution in [0.2, 0.25) is 0 Å². The van der Waals surface area contributed by atoms with E-state index in [1.165, 1.54) is 6.92 Å². The Hall–Kier alpha value is -2.66. The fourth-order valence-electron chi connectivity index (χ4n) is 2.95. The maximum atomic E-state index is 12.4. The Morgan fingerprint density at radius 1 is 1.04 bits per heavy atom. The number of benzene rings is 2. The molecule has 0 saturated carbocycles. The molecular formula is C22H29N2O3+. The average molecular weight is 369 g/mol. The minimum absolute atomic E-state index is 0.0311. The first kappa shape index (κ1) is 20.6. The number of ketones is 1. The summed E-state index contributed by atoms with van der Waals surface area (Å²) in [5.41, 5.74) is 2.17. The first-order chi connectivity index (χ1) is 13.0. The molecule has 5 heteroatoms. The number of amides is 1. The van der Waals surface area contributed by atoms with Crippen molar-refractivity contribution in [1.82, 2.24) is 5.32 Å². The Bertz CT molecular complexity index is 729. The summed E-state index contributed by atoms with van der Waals surface area (Å²) < 4.78 is 5.44. The molecule has 2 aromatic carbocycles. The van der Waals surface area contributed by atoms with Crippen molar-refractivity contribution in [1.29, 1.82) is 0 Å². The topological polar surface area (TPSA) is 59.8 Å². The highest BCUT2D eigenvalue weighted by molar-refractivity contribution is 5.88. The van der Waals surface area contributed by atoms with E-state index >= 15 is 0 Å². The van der Waals surface area contributed by atoms with E-state index in [1.54, 1.807) is 0 Å². The zero-order valence-corrected chi connectivity index (χ0v) is 16.3. The summed E-state index contributed by atoms with van der Waals surface area (Å²) in [6.45, 7) is 5.15. The lowest BCUT2D eigenvalue weighted by Crippen LogP contribution is -3.09. The predicted molar refractivity (Wildman–Crippen MR) is 106 cm³/mol. The van der Waals surface area contributed by atoms with Gasteiger partial charge in [-0.25, -0.2) is 0 Å². The molecule has 2 rings (SSSR count). The fourth-order valence-corrected chi connectivity index (χ4v) is 2.95. The molecule has 0 aromatic heterocycles. The Morgan fingerprint density at radius 3 is 2.30 bits per heavy atom. The molecule has 0 radical (unpaired) electrons. The van der Waals surface area contributed by atoms with Gasteiger partial charge in [-0.3, -0.25) is 9.59 Å². The van der Waals surface area contributed by atoms with Crippen molar-refractivity contribution in [3.05, 3.63) is 65.7 Å². The van der Waals surface area contributed by atoms with Crippen molar-refractivity contribution in [2.45, 2.75) is 32.9 Å². The number of quaternary nitrogens is 1. The van der Waals surface area contributed by atoms with E-state index in [-0.39, 0.29) is 11.7 Å². The van der Waals surface area contributed by atoms with Crippen LogP contribution in [-0.2, 0) is 22.6 Å². The van der Waals surface area contributed by atoms with Crippen LogP contribution in [0.25, 0.3) is 0 Å². The summed E-state index contributed by atoms with van der Waals surface area (Å²) in [6.07, 6.45) is 0.514. The zero-order valence-electron chi connectivity index (χ0n) is 16.3. The molecule has 0 aliphatic carbocycles. The number of hydrogen-bond donors (Lipinski definition) is 2. The van der Waals surface area contributed by atoms with Crippen LogP contribution in [0.4, 0.5) is 0 Å². The van der Waals surface area contributed by atoms with Crippen molar-refractivity contribution in [2.75, 3.05) is 20.2 Å². The summed E-state index contributed by atoms with van der Waals surface area (Å²) in [5, 5.41) is 2.88. The number of nitrogens with one attached hydrogen (secondary N) is 2. The van der Waals surface area contributed by atoms with Crippen molar-refractivity contribution < 1.29 is 19.2 Å². The van der Waals surface area contributed by atoms with Crippen LogP contribution in [0.1, 0.15) is 25.0 Å². The van der Waals surface area contributed by atoms with Crippen molar-refractivity contribution in [3.8, 4) is 5.75 Å². The van der Waals surface area contributed by atoms with Gasteiger partial charge >= 0.3 is 0 Å². The van der Waals surface area contributed by atoms with E-state index < -0.39 is 6.04 Å². The van der Waals surface area contributed by atoms with Crippen LogP contribution < -0.4 is 15.0 Å². The number of likely N-dealkylation sites (N-methyl/N-ethyl adjacent to an activating group) is 1. The van der Waals surface area contributed by atoms with Crippen LogP contribution in [-0.4, -0.2) is 37.9 Å². The Labute approximate surface area is 161 Å². The molecule has 0 aliphatic rings. The molecule has 1 amide bonds. The van der Waals surface area contributed by atoms with E-state index in [1.807, 2.05) is 68.6 Å². The lowest BCUT2D eigenvalue weighted by Gasteiger charge is -2.18. The summed E-state index contributed by atoms with van der Waals surface area (Å²) in [7, 11) is 1.97. The summed E-state index contributed by atoms with van der Waals surface area (Å²) >= 11 is 0. The first-order valence-corrected chi connectivity index (χ1v) is 9.34. The molecule has 2 N–H and O–H groups in total. The van der Waals surface area contributed by atoms with Crippen LogP contribution in [0, 0.1) is 0 Å². The number of carbonyl (C=O) groups excluding carboxylic acids is 2. The second-order valence-corrected chi connectivity index (χ2v) is 6.81. The fraction of sp³-hybridized carbons (Fsp3) is 0.364. The lowest BCUT2D eigenvalue weighted by molar-refractivity contribution is -0.885. The molecule has 0 aliphatic heterocycles. The quantitative estimate of drug-likeness (QED) is 0.666. The number of carbonyl (C=O) groups is 2. The van der Waals surface area contributed by atoms with Crippen LogP contribution in [0.15, 0.2) is 54.6 Å². The van der Waals surface area contributed by atoms with E-state index in [0.717, 1.165) is 28.3 Å². The molecule has 0 saturated heterocycles. The summed E-state index contributed by atoms with van der Waals surface area (Å²) in [6, 6.07) is 17.2. The van der Waals surface area contributed by atoms with Gasteiger partial charge in [-0.1, -0.05) is 30.3 Å². The predicted octanol–water partition coefficient (Wildman–Crippen LogP) is 1.42. The monoisotopic (exact) mass is 369 g/mol. The van der Waals surface area contributed by atoms with E-state index in [9.17, 15) is 9.59 Å². The largest absolute Gasteiger partial charge is 0.494 e. The van der Waals surface area contributed by atoms with E-state index in [4.69, 9.17) is 4.74 Å². The molecular weight excluding hydrogens is 340 g/mol. The lowest BCUT2D eigenvalue weighted by atomic mass is 10.0. The average Bonchev–Trinajstić information content (AvgIpc) is 2.63. The molecule has 0 bridgehead atoms. The highest BCUT2D eigenvalue weighted by atomic mass is 16.5. The third-order valence-electron chi connectivity index (χ3n) is 4.31. The Kier molecular flexibility index (Phi) is 8.01. The minimum atomic E-state index is -0.488. The van der Waals surface area contributed by atoms with Crippen LogP contribution in [0.3, 0.4) is 0 Å². The molecule has 27 heavy (non-hydrogen) atoms. The molecule has 0 fully saturated rings. The third-order valence-corrected chi connectivity index (χ3v) is 4.31. The van der Waals surface area contributed by atoms with Gasteiger partial charge in [0, 0.05) is 5.56 Å². The molecule has 1 unspecified atom stereocenters. The SMILES string of the molecule is CCOc1ccc(C[NH+](C)CC(=O)N[C@@H](Cc2ccccc2)C(C)=O)cc1. The van der Waals surface area contributed by atoms with Crippen molar-refractivity contribution in [3.63, 3.8) is 0 Å². The highest BCUT2D eigenvalue weighted by Gasteiger charge is 2.19. The number of Topliss-reactive ketones (excluding diaryl/α,β-unsaturated/α-hetero) is 1. The number of hydrogen-bond acceptors (Lipinski definition) is 3. The van der Waals surface area contributed by atoms with Gasteiger partial charge in [0.15, 0.2) is 12.3 Å².